The molecule has 21 heavy (non-hydrogen) atoms. The molecule has 1 aromatic rings. The highest BCUT2D eigenvalue weighted by Crippen LogP contribution is 2.09. The van der Waals surface area contributed by atoms with Gasteiger partial charge in [-0.1, -0.05) is 30.3 Å². The van der Waals surface area contributed by atoms with Gasteiger partial charge in [0.15, 0.2) is 0 Å². The van der Waals surface area contributed by atoms with Gasteiger partial charge in [-0.25, -0.2) is 0 Å². The molecule has 1 heterocycles. The second-order valence-corrected chi connectivity index (χ2v) is 5.71. The van der Waals surface area contributed by atoms with Crippen LogP contribution in [0.1, 0.15) is 18.9 Å². The molecular formula is C17H29N3O. The van der Waals surface area contributed by atoms with Gasteiger partial charge in [0.05, 0.1) is 6.10 Å². The SMILES string of the molecule is CCOC(CN)CCN1CCN(Cc2ccccc2)CC1. The van der Waals surface area contributed by atoms with Crippen molar-refractivity contribution in [1.82, 2.24) is 9.80 Å². The van der Waals surface area contributed by atoms with E-state index in [1.165, 1.54) is 5.56 Å². The Hall–Kier alpha value is -0.940. The average molecular weight is 291 g/mol. The molecule has 0 bridgehead atoms. The molecule has 1 atom stereocenters. The van der Waals surface area contributed by atoms with Gasteiger partial charge in [-0.05, 0) is 18.9 Å². The third kappa shape index (κ3) is 5.75. The van der Waals surface area contributed by atoms with Crippen LogP contribution in [0.5, 0.6) is 0 Å². The van der Waals surface area contributed by atoms with Gasteiger partial charge >= 0.3 is 0 Å². The minimum Gasteiger partial charge on any atom is -0.377 e. The Morgan fingerprint density at radius 3 is 2.38 bits per heavy atom. The maximum atomic E-state index is 5.73. The van der Waals surface area contributed by atoms with Gasteiger partial charge in [-0.15, -0.1) is 0 Å². The van der Waals surface area contributed by atoms with E-state index in [4.69, 9.17) is 10.5 Å². The van der Waals surface area contributed by atoms with Crippen LogP contribution in [0.4, 0.5) is 0 Å². The number of benzene rings is 1. The van der Waals surface area contributed by atoms with E-state index in [-0.39, 0.29) is 6.10 Å². The van der Waals surface area contributed by atoms with Crippen LogP contribution in [-0.4, -0.2) is 61.8 Å². The van der Waals surface area contributed by atoms with Crippen LogP contribution in [0.15, 0.2) is 30.3 Å². The Labute approximate surface area is 128 Å². The molecule has 1 unspecified atom stereocenters. The first-order valence-electron chi connectivity index (χ1n) is 8.12. The first-order valence-corrected chi connectivity index (χ1v) is 8.12. The molecule has 1 aromatic carbocycles. The molecule has 0 amide bonds. The summed E-state index contributed by atoms with van der Waals surface area (Å²) in [6.45, 7) is 10.2. The van der Waals surface area contributed by atoms with Crippen LogP contribution in [-0.2, 0) is 11.3 Å². The molecule has 2 N–H and O–H groups in total. The number of nitrogens with two attached hydrogens (primary N) is 1. The molecule has 4 heteroatoms. The first-order chi connectivity index (χ1) is 10.3. The second kappa shape index (κ2) is 9.15. The lowest BCUT2D eigenvalue weighted by Crippen LogP contribution is -2.46. The van der Waals surface area contributed by atoms with Gasteiger partial charge in [0.2, 0.25) is 0 Å². The van der Waals surface area contributed by atoms with Gasteiger partial charge in [-0.2, -0.15) is 0 Å². The Balaban J connectivity index is 1.66. The van der Waals surface area contributed by atoms with E-state index in [2.05, 4.69) is 40.1 Å². The summed E-state index contributed by atoms with van der Waals surface area (Å²) < 4.78 is 5.62. The number of rotatable bonds is 8. The van der Waals surface area contributed by atoms with E-state index < -0.39 is 0 Å². The fourth-order valence-corrected chi connectivity index (χ4v) is 2.84. The summed E-state index contributed by atoms with van der Waals surface area (Å²) in [4.78, 5) is 5.07. The Bertz CT molecular complexity index is 377. The predicted octanol–water partition coefficient (Wildman–Crippen LogP) is 1.56. The molecule has 0 spiro atoms. The zero-order valence-electron chi connectivity index (χ0n) is 13.2. The summed E-state index contributed by atoms with van der Waals surface area (Å²) in [5.41, 5.74) is 7.14. The van der Waals surface area contributed by atoms with Gasteiger partial charge in [0, 0.05) is 52.4 Å². The maximum Gasteiger partial charge on any atom is 0.0709 e. The van der Waals surface area contributed by atoms with Crippen molar-refractivity contribution >= 4 is 0 Å². The average Bonchev–Trinajstić information content (AvgIpc) is 2.54. The molecule has 0 saturated carbocycles. The molecule has 1 fully saturated rings. The van der Waals surface area contributed by atoms with E-state index in [0.29, 0.717) is 6.54 Å². The van der Waals surface area contributed by atoms with Crippen molar-refractivity contribution in [2.24, 2.45) is 5.73 Å². The Kier molecular flexibility index (Phi) is 7.16. The number of hydrogen-bond donors (Lipinski definition) is 1. The molecular weight excluding hydrogens is 262 g/mol. The summed E-state index contributed by atoms with van der Waals surface area (Å²) >= 11 is 0. The fraction of sp³-hybridized carbons (Fsp3) is 0.647. The highest BCUT2D eigenvalue weighted by molar-refractivity contribution is 5.14. The molecule has 4 nitrogen and oxygen atoms in total. The lowest BCUT2D eigenvalue weighted by molar-refractivity contribution is 0.0467. The van der Waals surface area contributed by atoms with Gasteiger partial charge in [0.1, 0.15) is 0 Å². The zero-order valence-corrected chi connectivity index (χ0v) is 13.2. The third-order valence-corrected chi connectivity index (χ3v) is 4.15. The van der Waals surface area contributed by atoms with Crippen LogP contribution in [0.2, 0.25) is 0 Å². The number of nitrogens with zero attached hydrogens (tertiary/aromatic N) is 2. The van der Waals surface area contributed by atoms with E-state index in [1.807, 2.05) is 6.92 Å². The molecule has 2 rings (SSSR count). The second-order valence-electron chi connectivity index (χ2n) is 5.71. The summed E-state index contributed by atoms with van der Waals surface area (Å²) in [7, 11) is 0. The molecule has 0 aliphatic carbocycles. The summed E-state index contributed by atoms with van der Waals surface area (Å²) in [5.74, 6) is 0. The minimum atomic E-state index is 0.220. The van der Waals surface area contributed by atoms with Gasteiger partial charge < -0.3 is 15.4 Å². The van der Waals surface area contributed by atoms with Crippen molar-refractivity contribution in [3.05, 3.63) is 35.9 Å². The highest BCUT2D eigenvalue weighted by Gasteiger charge is 2.17. The van der Waals surface area contributed by atoms with E-state index >= 15 is 0 Å². The van der Waals surface area contributed by atoms with Crippen molar-refractivity contribution in [2.75, 3.05) is 45.9 Å². The summed E-state index contributed by atoms with van der Waals surface area (Å²) in [5, 5.41) is 0. The van der Waals surface area contributed by atoms with Crippen LogP contribution in [0.25, 0.3) is 0 Å². The van der Waals surface area contributed by atoms with Crippen molar-refractivity contribution in [3.8, 4) is 0 Å². The van der Waals surface area contributed by atoms with E-state index in [0.717, 1.165) is 52.3 Å². The quantitative estimate of drug-likeness (QED) is 0.789. The third-order valence-electron chi connectivity index (χ3n) is 4.15. The Morgan fingerprint density at radius 2 is 1.76 bits per heavy atom. The number of piperazine rings is 1. The molecule has 0 radical (unpaired) electrons. The van der Waals surface area contributed by atoms with E-state index in [9.17, 15) is 0 Å². The Morgan fingerprint density at radius 1 is 1.10 bits per heavy atom. The largest absolute Gasteiger partial charge is 0.377 e. The molecule has 1 aliphatic rings. The molecule has 0 aromatic heterocycles. The van der Waals surface area contributed by atoms with Crippen LogP contribution >= 0.6 is 0 Å². The summed E-state index contributed by atoms with van der Waals surface area (Å²) in [6.07, 6.45) is 1.26. The normalized spacial score (nSPS) is 18.8. The van der Waals surface area contributed by atoms with Gasteiger partial charge in [-0.3, -0.25) is 4.90 Å². The first kappa shape index (κ1) is 16.4. The molecule has 1 aliphatic heterocycles. The fourth-order valence-electron chi connectivity index (χ4n) is 2.84. The molecule has 1 saturated heterocycles. The minimum absolute atomic E-state index is 0.220. The number of ether oxygens (including phenoxy) is 1. The number of hydrogen-bond acceptors (Lipinski definition) is 4. The standard InChI is InChI=1S/C17H29N3O/c1-2-21-17(14-18)8-9-19-10-12-20(13-11-19)15-16-6-4-3-5-7-16/h3-7,17H,2,8-15,18H2,1H3. The lowest BCUT2D eigenvalue weighted by Gasteiger charge is -2.35. The van der Waals surface area contributed by atoms with Crippen LogP contribution < -0.4 is 5.73 Å². The van der Waals surface area contributed by atoms with Crippen molar-refractivity contribution in [3.63, 3.8) is 0 Å². The van der Waals surface area contributed by atoms with Crippen molar-refractivity contribution in [2.45, 2.75) is 26.0 Å². The topological polar surface area (TPSA) is 41.7 Å². The van der Waals surface area contributed by atoms with Crippen LogP contribution in [0, 0.1) is 0 Å². The maximum absolute atomic E-state index is 5.73. The smallest absolute Gasteiger partial charge is 0.0709 e. The van der Waals surface area contributed by atoms with Crippen LogP contribution in [0.3, 0.4) is 0 Å². The summed E-state index contributed by atoms with van der Waals surface area (Å²) in [6, 6.07) is 10.7. The van der Waals surface area contributed by atoms with Crippen molar-refractivity contribution < 1.29 is 4.74 Å². The van der Waals surface area contributed by atoms with Crippen molar-refractivity contribution in [1.29, 1.82) is 0 Å². The van der Waals surface area contributed by atoms with E-state index in [1.54, 1.807) is 0 Å². The van der Waals surface area contributed by atoms with Gasteiger partial charge in [0.25, 0.3) is 0 Å². The highest BCUT2D eigenvalue weighted by atomic mass is 16.5. The predicted molar refractivity (Wildman–Crippen MR) is 87.2 cm³/mol. The monoisotopic (exact) mass is 291 g/mol. The lowest BCUT2D eigenvalue weighted by atomic mass is 10.2. The molecule has 118 valence electrons. The zero-order chi connectivity index (χ0) is 14.9.